The second-order valence-corrected chi connectivity index (χ2v) is 4.67. The van der Waals surface area contributed by atoms with Gasteiger partial charge in [0.25, 0.3) is 0 Å². The predicted octanol–water partition coefficient (Wildman–Crippen LogP) is 1.08. The summed E-state index contributed by atoms with van der Waals surface area (Å²) in [6.07, 6.45) is 4.42. The summed E-state index contributed by atoms with van der Waals surface area (Å²) < 4.78 is 5.76. The summed E-state index contributed by atoms with van der Waals surface area (Å²) in [5, 5.41) is 0.551. The number of hydrogen-bond donors (Lipinski definition) is 1. The molecule has 6 heteroatoms. The van der Waals surface area contributed by atoms with Gasteiger partial charge in [-0.2, -0.15) is 4.98 Å². The van der Waals surface area contributed by atoms with E-state index >= 15 is 0 Å². The molecule has 2 bridgehead atoms. The lowest BCUT2D eigenvalue weighted by Gasteiger charge is -2.33. The molecule has 0 aromatic carbocycles. The van der Waals surface area contributed by atoms with Crippen LogP contribution in [0.25, 0.3) is 0 Å². The first-order valence-corrected chi connectivity index (χ1v) is 5.78. The Labute approximate surface area is 98.6 Å². The molecule has 2 aliphatic rings. The number of nitrogens with zero attached hydrogens (tertiary/aromatic N) is 3. The second kappa shape index (κ2) is 3.75. The van der Waals surface area contributed by atoms with E-state index in [2.05, 4.69) is 14.9 Å². The highest BCUT2D eigenvalue weighted by Crippen LogP contribution is 2.31. The van der Waals surface area contributed by atoms with Crippen molar-refractivity contribution in [2.75, 3.05) is 23.7 Å². The fourth-order valence-corrected chi connectivity index (χ4v) is 2.59. The molecule has 3 rings (SSSR count). The SMILES string of the molecule is Nc1ncc(Cl)c(N2CC3CCC(C2)O3)n1. The third kappa shape index (κ3) is 1.70. The molecule has 0 amide bonds. The summed E-state index contributed by atoms with van der Waals surface area (Å²) in [6, 6.07) is 0. The van der Waals surface area contributed by atoms with Gasteiger partial charge in [-0.1, -0.05) is 11.6 Å². The summed E-state index contributed by atoms with van der Waals surface area (Å²) in [4.78, 5) is 10.2. The molecule has 2 aliphatic heterocycles. The Bertz CT molecular complexity index is 402. The standard InChI is InChI=1S/C10H13ClN4O/c11-8-3-13-10(12)14-9(8)15-4-6-1-2-7(5-15)16-6/h3,6-7H,1-2,4-5H2,(H2,12,13,14). The van der Waals surface area contributed by atoms with Crippen LogP contribution in [0.5, 0.6) is 0 Å². The average Bonchev–Trinajstić information content (AvgIpc) is 2.61. The van der Waals surface area contributed by atoms with Gasteiger partial charge in [0.15, 0.2) is 5.82 Å². The molecule has 5 nitrogen and oxygen atoms in total. The Morgan fingerprint density at radius 3 is 2.75 bits per heavy atom. The zero-order valence-corrected chi connectivity index (χ0v) is 9.52. The summed E-state index contributed by atoms with van der Waals surface area (Å²) >= 11 is 6.08. The highest BCUT2D eigenvalue weighted by atomic mass is 35.5. The van der Waals surface area contributed by atoms with Crippen LogP contribution < -0.4 is 10.6 Å². The molecule has 2 unspecified atom stereocenters. The molecule has 1 aromatic heterocycles. The highest BCUT2D eigenvalue weighted by molar-refractivity contribution is 6.32. The van der Waals surface area contributed by atoms with E-state index < -0.39 is 0 Å². The van der Waals surface area contributed by atoms with Crippen LogP contribution in [0.1, 0.15) is 12.8 Å². The van der Waals surface area contributed by atoms with E-state index in [0.29, 0.717) is 17.2 Å². The first-order chi connectivity index (χ1) is 7.72. The minimum absolute atomic E-state index is 0.262. The molecule has 3 heterocycles. The molecular formula is C10H13ClN4O. The summed E-state index contributed by atoms with van der Waals surface area (Å²) in [6.45, 7) is 1.68. The zero-order chi connectivity index (χ0) is 11.1. The number of anilines is 2. The third-order valence-corrected chi connectivity index (χ3v) is 3.35. The number of rotatable bonds is 1. The smallest absolute Gasteiger partial charge is 0.222 e. The minimum atomic E-state index is 0.262. The van der Waals surface area contributed by atoms with Crippen LogP contribution in [0.15, 0.2) is 6.20 Å². The Kier molecular flexibility index (Phi) is 2.37. The van der Waals surface area contributed by atoms with Crippen molar-refractivity contribution in [1.82, 2.24) is 9.97 Å². The maximum atomic E-state index is 6.08. The van der Waals surface area contributed by atoms with E-state index in [-0.39, 0.29) is 5.95 Å². The van der Waals surface area contributed by atoms with Gasteiger partial charge in [0.1, 0.15) is 5.02 Å². The Balaban J connectivity index is 1.89. The van der Waals surface area contributed by atoms with E-state index in [1.807, 2.05) is 0 Å². The highest BCUT2D eigenvalue weighted by Gasteiger charge is 2.34. The van der Waals surface area contributed by atoms with Crippen LogP contribution in [0.4, 0.5) is 11.8 Å². The molecule has 1 aromatic rings. The van der Waals surface area contributed by atoms with Crippen molar-refractivity contribution < 1.29 is 4.74 Å². The second-order valence-electron chi connectivity index (χ2n) is 4.26. The molecule has 0 saturated carbocycles. The van der Waals surface area contributed by atoms with Gasteiger partial charge in [-0.25, -0.2) is 4.98 Å². The molecular weight excluding hydrogens is 228 g/mol. The molecule has 2 N–H and O–H groups in total. The fraction of sp³-hybridized carbons (Fsp3) is 0.600. The number of hydrogen-bond acceptors (Lipinski definition) is 5. The van der Waals surface area contributed by atoms with Crippen molar-refractivity contribution in [3.8, 4) is 0 Å². The Hall–Kier alpha value is -1.07. The van der Waals surface area contributed by atoms with Crippen molar-refractivity contribution in [2.24, 2.45) is 0 Å². The number of morpholine rings is 1. The van der Waals surface area contributed by atoms with Crippen molar-refractivity contribution in [3.05, 3.63) is 11.2 Å². The molecule has 0 aliphatic carbocycles. The zero-order valence-electron chi connectivity index (χ0n) is 8.77. The quantitative estimate of drug-likeness (QED) is 0.796. The fourth-order valence-electron chi connectivity index (χ4n) is 2.38. The molecule has 0 radical (unpaired) electrons. The van der Waals surface area contributed by atoms with Gasteiger partial charge in [0, 0.05) is 13.1 Å². The number of aromatic nitrogens is 2. The van der Waals surface area contributed by atoms with Crippen LogP contribution in [-0.4, -0.2) is 35.3 Å². The van der Waals surface area contributed by atoms with Crippen LogP contribution in [0.3, 0.4) is 0 Å². The normalized spacial score (nSPS) is 28.4. The molecule has 2 saturated heterocycles. The van der Waals surface area contributed by atoms with Crippen LogP contribution in [0.2, 0.25) is 5.02 Å². The van der Waals surface area contributed by atoms with Gasteiger partial charge < -0.3 is 15.4 Å². The van der Waals surface area contributed by atoms with E-state index in [1.54, 1.807) is 6.20 Å². The molecule has 2 fully saturated rings. The topological polar surface area (TPSA) is 64.3 Å². The maximum Gasteiger partial charge on any atom is 0.222 e. The van der Waals surface area contributed by atoms with Gasteiger partial charge in [-0.05, 0) is 12.8 Å². The molecule has 0 spiro atoms. The van der Waals surface area contributed by atoms with E-state index in [4.69, 9.17) is 22.1 Å². The summed E-state index contributed by atoms with van der Waals surface area (Å²) in [5.74, 6) is 0.993. The van der Waals surface area contributed by atoms with Gasteiger partial charge in [0.05, 0.1) is 18.4 Å². The number of nitrogen functional groups attached to an aromatic ring is 1. The monoisotopic (exact) mass is 240 g/mol. The van der Waals surface area contributed by atoms with Crippen molar-refractivity contribution in [2.45, 2.75) is 25.0 Å². The first-order valence-electron chi connectivity index (χ1n) is 5.41. The van der Waals surface area contributed by atoms with Gasteiger partial charge in [0.2, 0.25) is 5.95 Å². The van der Waals surface area contributed by atoms with Gasteiger partial charge in [-0.3, -0.25) is 0 Å². The number of fused-ring (bicyclic) bond motifs is 2. The molecule has 86 valence electrons. The maximum absolute atomic E-state index is 6.08. The average molecular weight is 241 g/mol. The number of ether oxygens (including phenoxy) is 1. The summed E-state index contributed by atoms with van der Waals surface area (Å²) in [5.41, 5.74) is 5.58. The summed E-state index contributed by atoms with van der Waals surface area (Å²) in [7, 11) is 0. The van der Waals surface area contributed by atoms with Crippen LogP contribution in [-0.2, 0) is 4.74 Å². The lowest BCUT2D eigenvalue weighted by Crippen LogP contribution is -2.43. The van der Waals surface area contributed by atoms with Gasteiger partial charge in [-0.15, -0.1) is 0 Å². The third-order valence-electron chi connectivity index (χ3n) is 3.09. The number of nitrogens with two attached hydrogens (primary N) is 1. The van der Waals surface area contributed by atoms with Crippen molar-refractivity contribution in [1.29, 1.82) is 0 Å². The van der Waals surface area contributed by atoms with Gasteiger partial charge >= 0.3 is 0 Å². The van der Waals surface area contributed by atoms with Crippen LogP contribution >= 0.6 is 11.6 Å². The Morgan fingerprint density at radius 1 is 1.38 bits per heavy atom. The van der Waals surface area contributed by atoms with Crippen molar-refractivity contribution in [3.63, 3.8) is 0 Å². The first kappa shape index (κ1) is 10.1. The number of halogens is 1. The molecule has 16 heavy (non-hydrogen) atoms. The minimum Gasteiger partial charge on any atom is -0.371 e. The predicted molar refractivity (Wildman–Crippen MR) is 61.6 cm³/mol. The van der Waals surface area contributed by atoms with E-state index in [0.717, 1.165) is 31.7 Å². The Morgan fingerprint density at radius 2 is 2.06 bits per heavy atom. The van der Waals surface area contributed by atoms with Crippen molar-refractivity contribution >= 4 is 23.4 Å². The van der Waals surface area contributed by atoms with Crippen LogP contribution in [0, 0.1) is 0 Å². The lowest BCUT2D eigenvalue weighted by molar-refractivity contribution is 0.0302. The largest absolute Gasteiger partial charge is 0.371 e. The van der Waals surface area contributed by atoms with E-state index in [1.165, 1.54) is 0 Å². The van der Waals surface area contributed by atoms with E-state index in [9.17, 15) is 0 Å². The lowest BCUT2D eigenvalue weighted by atomic mass is 10.2. The molecule has 2 atom stereocenters.